The highest BCUT2D eigenvalue weighted by Gasteiger charge is 2.14. The summed E-state index contributed by atoms with van der Waals surface area (Å²) in [5.74, 6) is 2.22. The van der Waals surface area contributed by atoms with Gasteiger partial charge < -0.3 is 10.2 Å². The van der Waals surface area contributed by atoms with E-state index in [1.807, 2.05) is 12.1 Å². The van der Waals surface area contributed by atoms with Gasteiger partial charge in [-0.05, 0) is 29.8 Å². The van der Waals surface area contributed by atoms with E-state index in [0.717, 1.165) is 11.3 Å². The van der Waals surface area contributed by atoms with Gasteiger partial charge in [-0.25, -0.2) is 8.42 Å². The monoisotopic (exact) mass is 311 g/mol. The van der Waals surface area contributed by atoms with E-state index in [1.54, 1.807) is 42.3 Å². The van der Waals surface area contributed by atoms with Gasteiger partial charge in [-0.2, -0.15) is 11.8 Å². The topological polar surface area (TPSA) is 73.3 Å². The molecule has 0 aliphatic heterocycles. The van der Waals surface area contributed by atoms with Gasteiger partial charge in [0.1, 0.15) is 5.76 Å². The molecule has 108 valence electrons. The number of thioether (sulfide) groups is 1. The maximum absolute atomic E-state index is 12.1. The third-order valence-corrected chi connectivity index (χ3v) is 5.81. The zero-order valence-corrected chi connectivity index (χ0v) is 12.6. The summed E-state index contributed by atoms with van der Waals surface area (Å²) < 4.78 is 29.4. The SMILES string of the molecule is NCc1ccc(S(=O)(=O)CCSCc2ccco2)cc1. The minimum atomic E-state index is -3.22. The van der Waals surface area contributed by atoms with E-state index in [2.05, 4.69) is 0 Å². The van der Waals surface area contributed by atoms with Crippen LogP contribution in [0.4, 0.5) is 0 Å². The number of rotatable bonds is 7. The molecule has 1 aromatic heterocycles. The van der Waals surface area contributed by atoms with E-state index in [-0.39, 0.29) is 5.75 Å². The van der Waals surface area contributed by atoms with Crippen LogP contribution in [0.1, 0.15) is 11.3 Å². The van der Waals surface area contributed by atoms with Gasteiger partial charge in [0.15, 0.2) is 9.84 Å². The molecule has 2 N–H and O–H groups in total. The molecule has 6 heteroatoms. The van der Waals surface area contributed by atoms with E-state index in [9.17, 15) is 8.42 Å². The second kappa shape index (κ2) is 6.97. The van der Waals surface area contributed by atoms with Crippen molar-refractivity contribution in [2.45, 2.75) is 17.2 Å². The third kappa shape index (κ3) is 4.13. The second-order valence-electron chi connectivity index (χ2n) is 4.30. The van der Waals surface area contributed by atoms with Crippen molar-refractivity contribution in [3.05, 3.63) is 54.0 Å². The first-order valence-corrected chi connectivity index (χ1v) is 9.04. The second-order valence-corrected chi connectivity index (χ2v) is 7.51. The summed E-state index contributed by atoms with van der Waals surface area (Å²) in [5.41, 5.74) is 6.42. The molecule has 0 unspecified atom stereocenters. The lowest BCUT2D eigenvalue weighted by Crippen LogP contribution is -2.09. The Morgan fingerprint density at radius 1 is 1.15 bits per heavy atom. The average molecular weight is 311 g/mol. The molecular formula is C14H17NO3S2. The Morgan fingerprint density at radius 3 is 2.50 bits per heavy atom. The van der Waals surface area contributed by atoms with Crippen LogP contribution in [-0.4, -0.2) is 19.9 Å². The standard InChI is InChI=1S/C14H17NO3S2/c15-10-12-3-5-14(6-4-12)20(16,17)9-8-19-11-13-2-1-7-18-13/h1-7H,8-11,15H2. The number of nitrogens with two attached hydrogens (primary N) is 1. The van der Waals surface area contributed by atoms with Crippen LogP contribution in [0.15, 0.2) is 52.0 Å². The fraction of sp³-hybridized carbons (Fsp3) is 0.286. The van der Waals surface area contributed by atoms with E-state index in [1.165, 1.54) is 0 Å². The highest BCUT2D eigenvalue weighted by atomic mass is 32.2. The Morgan fingerprint density at radius 2 is 1.90 bits per heavy atom. The smallest absolute Gasteiger partial charge is 0.179 e. The highest BCUT2D eigenvalue weighted by molar-refractivity contribution is 8.00. The lowest BCUT2D eigenvalue weighted by Gasteiger charge is -2.05. The summed E-state index contributed by atoms with van der Waals surface area (Å²) in [6.07, 6.45) is 1.62. The van der Waals surface area contributed by atoms with Crippen LogP contribution < -0.4 is 5.73 Å². The number of hydrogen-bond donors (Lipinski definition) is 1. The lowest BCUT2D eigenvalue weighted by molar-refractivity contribution is 0.530. The van der Waals surface area contributed by atoms with Gasteiger partial charge in [0.05, 0.1) is 22.7 Å². The molecule has 4 nitrogen and oxygen atoms in total. The van der Waals surface area contributed by atoms with E-state index >= 15 is 0 Å². The zero-order valence-electron chi connectivity index (χ0n) is 11.0. The van der Waals surface area contributed by atoms with Crippen molar-refractivity contribution in [1.29, 1.82) is 0 Å². The minimum Gasteiger partial charge on any atom is -0.468 e. The van der Waals surface area contributed by atoms with E-state index in [0.29, 0.717) is 22.9 Å². The Bertz CT molecular complexity index is 619. The first-order valence-electron chi connectivity index (χ1n) is 6.24. The van der Waals surface area contributed by atoms with Crippen molar-refractivity contribution in [2.75, 3.05) is 11.5 Å². The van der Waals surface area contributed by atoms with Gasteiger partial charge in [0.2, 0.25) is 0 Å². The zero-order chi connectivity index (χ0) is 14.4. The molecule has 0 saturated heterocycles. The number of hydrogen-bond acceptors (Lipinski definition) is 5. The van der Waals surface area contributed by atoms with Crippen LogP contribution >= 0.6 is 11.8 Å². The third-order valence-electron chi connectivity index (χ3n) is 2.84. The fourth-order valence-corrected chi connectivity index (χ4v) is 4.33. The summed E-state index contributed by atoms with van der Waals surface area (Å²) in [4.78, 5) is 0.355. The summed E-state index contributed by atoms with van der Waals surface area (Å²) in [6, 6.07) is 10.5. The number of furan rings is 1. The Labute approximate surface area is 123 Å². The Balaban J connectivity index is 1.86. The molecule has 0 aliphatic rings. The molecular weight excluding hydrogens is 294 g/mol. The van der Waals surface area contributed by atoms with Crippen LogP contribution in [-0.2, 0) is 22.1 Å². The first kappa shape index (κ1) is 15.2. The quantitative estimate of drug-likeness (QED) is 0.795. The maximum Gasteiger partial charge on any atom is 0.179 e. The first-order chi connectivity index (χ1) is 9.62. The molecule has 0 radical (unpaired) electrons. The van der Waals surface area contributed by atoms with Crippen molar-refractivity contribution in [3.63, 3.8) is 0 Å². The molecule has 2 aromatic rings. The summed E-state index contributed by atoms with van der Waals surface area (Å²) in [6.45, 7) is 0.416. The van der Waals surface area contributed by atoms with Gasteiger partial charge >= 0.3 is 0 Å². The van der Waals surface area contributed by atoms with E-state index < -0.39 is 9.84 Å². The van der Waals surface area contributed by atoms with Gasteiger partial charge in [-0.3, -0.25) is 0 Å². The average Bonchev–Trinajstić information content (AvgIpc) is 2.97. The molecule has 0 bridgehead atoms. The summed E-state index contributed by atoms with van der Waals surface area (Å²) >= 11 is 1.55. The maximum atomic E-state index is 12.1. The normalized spacial score (nSPS) is 11.7. The van der Waals surface area contributed by atoms with Gasteiger partial charge in [0, 0.05) is 12.3 Å². The number of sulfone groups is 1. The molecule has 0 atom stereocenters. The predicted molar refractivity (Wildman–Crippen MR) is 81.3 cm³/mol. The van der Waals surface area contributed by atoms with Gasteiger partial charge in [-0.15, -0.1) is 0 Å². The molecule has 2 rings (SSSR count). The van der Waals surface area contributed by atoms with Crippen LogP contribution in [0.5, 0.6) is 0 Å². The van der Waals surface area contributed by atoms with Gasteiger partial charge in [0.25, 0.3) is 0 Å². The van der Waals surface area contributed by atoms with Crippen LogP contribution in [0.25, 0.3) is 0 Å². The van der Waals surface area contributed by atoms with Crippen molar-refractivity contribution < 1.29 is 12.8 Å². The summed E-state index contributed by atoms with van der Waals surface area (Å²) in [7, 11) is -3.22. The van der Waals surface area contributed by atoms with Crippen LogP contribution in [0.2, 0.25) is 0 Å². The van der Waals surface area contributed by atoms with Gasteiger partial charge in [-0.1, -0.05) is 12.1 Å². The highest BCUT2D eigenvalue weighted by Crippen LogP contribution is 2.17. The lowest BCUT2D eigenvalue weighted by atomic mass is 10.2. The molecule has 0 spiro atoms. The number of benzene rings is 1. The summed E-state index contributed by atoms with van der Waals surface area (Å²) in [5, 5.41) is 0. The van der Waals surface area contributed by atoms with E-state index in [4.69, 9.17) is 10.2 Å². The van der Waals surface area contributed by atoms with Crippen molar-refractivity contribution in [1.82, 2.24) is 0 Å². The van der Waals surface area contributed by atoms with Crippen molar-refractivity contribution in [3.8, 4) is 0 Å². The molecule has 0 saturated carbocycles. The predicted octanol–water partition coefficient (Wildman–Crippen LogP) is 2.45. The Hall–Kier alpha value is -1.24. The molecule has 1 aromatic carbocycles. The molecule has 20 heavy (non-hydrogen) atoms. The van der Waals surface area contributed by atoms with Crippen LogP contribution in [0.3, 0.4) is 0 Å². The molecule has 0 aliphatic carbocycles. The van der Waals surface area contributed by atoms with Crippen LogP contribution in [0, 0.1) is 0 Å². The molecule has 0 fully saturated rings. The molecule has 1 heterocycles. The minimum absolute atomic E-state index is 0.125. The molecule has 0 amide bonds. The largest absolute Gasteiger partial charge is 0.468 e. The van der Waals surface area contributed by atoms with Crippen molar-refractivity contribution in [2.24, 2.45) is 5.73 Å². The Kier molecular flexibility index (Phi) is 5.28. The fourth-order valence-electron chi connectivity index (χ4n) is 1.69. The van der Waals surface area contributed by atoms with Crippen molar-refractivity contribution >= 4 is 21.6 Å².